The van der Waals surface area contributed by atoms with Gasteiger partial charge in [-0.1, -0.05) is 35.3 Å². The molecule has 0 radical (unpaired) electrons. The lowest BCUT2D eigenvalue weighted by atomic mass is 10.2. The molecule has 0 bridgehead atoms. The van der Waals surface area contributed by atoms with E-state index < -0.39 is 0 Å². The maximum atomic E-state index is 6.22. The van der Waals surface area contributed by atoms with Crippen molar-refractivity contribution in [2.45, 2.75) is 39.8 Å². The van der Waals surface area contributed by atoms with E-state index in [1.165, 1.54) is 0 Å². The molecule has 4 aromatic rings. The third kappa shape index (κ3) is 5.03. The number of para-hydroxylation sites is 2. The molecule has 0 saturated heterocycles. The Hall–Kier alpha value is -2.69. The third-order valence-electron chi connectivity index (χ3n) is 5.41. The van der Waals surface area contributed by atoms with E-state index in [0.717, 1.165) is 62.5 Å². The minimum atomic E-state index is -0.220. The summed E-state index contributed by atoms with van der Waals surface area (Å²) < 4.78 is 14.4. The smallest absolute Gasteiger partial charge is 0.153 e. The van der Waals surface area contributed by atoms with Gasteiger partial charge in [-0.3, -0.25) is 0 Å². The average Bonchev–Trinajstić information content (AvgIpc) is 3.15. The van der Waals surface area contributed by atoms with Crippen molar-refractivity contribution in [2.24, 2.45) is 0 Å². The van der Waals surface area contributed by atoms with Crippen LogP contribution < -0.4 is 9.47 Å². The molecule has 1 atom stereocenters. The molecule has 4 rings (SSSR count). The van der Waals surface area contributed by atoms with Crippen molar-refractivity contribution in [3.63, 3.8) is 0 Å². The van der Waals surface area contributed by atoms with Crippen LogP contribution >= 0.6 is 23.2 Å². The fourth-order valence-corrected chi connectivity index (χ4v) is 3.94. The van der Waals surface area contributed by atoms with Crippen LogP contribution in [-0.2, 0) is 6.54 Å². The number of rotatable bonds is 8. The highest BCUT2D eigenvalue weighted by atomic mass is 35.5. The average molecular weight is 469 g/mol. The summed E-state index contributed by atoms with van der Waals surface area (Å²) in [5.41, 5.74) is 4.04. The van der Waals surface area contributed by atoms with Crippen LogP contribution in [0.4, 0.5) is 0 Å². The number of halogens is 2. The Kier molecular flexibility index (Phi) is 6.92. The Morgan fingerprint density at radius 3 is 2.28 bits per heavy atom. The first-order chi connectivity index (χ1) is 15.4. The van der Waals surface area contributed by atoms with E-state index in [-0.39, 0.29) is 6.10 Å². The van der Waals surface area contributed by atoms with E-state index in [1.54, 1.807) is 0 Å². The zero-order valence-electron chi connectivity index (χ0n) is 18.4. The molecular formula is C26H26Cl2N2O2. The van der Waals surface area contributed by atoms with E-state index in [4.69, 9.17) is 37.7 Å². The van der Waals surface area contributed by atoms with Crippen molar-refractivity contribution in [1.29, 1.82) is 0 Å². The van der Waals surface area contributed by atoms with Crippen molar-refractivity contribution in [1.82, 2.24) is 9.55 Å². The van der Waals surface area contributed by atoms with Crippen LogP contribution in [-0.4, -0.2) is 16.2 Å². The molecule has 6 heteroatoms. The molecule has 0 N–H and O–H groups in total. The van der Waals surface area contributed by atoms with Gasteiger partial charge in [-0.15, -0.1) is 0 Å². The third-order valence-corrected chi connectivity index (χ3v) is 6.26. The largest absolute Gasteiger partial charge is 0.494 e. The molecule has 0 saturated carbocycles. The molecule has 1 unspecified atom stereocenters. The second kappa shape index (κ2) is 9.85. The lowest BCUT2D eigenvalue weighted by Gasteiger charge is -2.17. The molecule has 1 heterocycles. The summed E-state index contributed by atoms with van der Waals surface area (Å²) >= 11 is 12.3. The molecule has 3 aromatic carbocycles. The first-order valence-electron chi connectivity index (χ1n) is 10.7. The van der Waals surface area contributed by atoms with Crippen LogP contribution in [0.5, 0.6) is 11.5 Å². The number of hydrogen-bond acceptors (Lipinski definition) is 3. The first kappa shape index (κ1) is 22.5. The van der Waals surface area contributed by atoms with Gasteiger partial charge in [0, 0.05) is 16.6 Å². The van der Waals surface area contributed by atoms with Gasteiger partial charge in [-0.2, -0.15) is 0 Å². The molecule has 0 aliphatic rings. The second-order valence-electron chi connectivity index (χ2n) is 7.89. The summed E-state index contributed by atoms with van der Waals surface area (Å²) in [7, 11) is 0. The van der Waals surface area contributed by atoms with Crippen molar-refractivity contribution < 1.29 is 9.47 Å². The molecule has 166 valence electrons. The Bertz CT molecular complexity index is 1240. The van der Waals surface area contributed by atoms with Crippen molar-refractivity contribution >= 4 is 34.2 Å². The normalized spacial score (nSPS) is 12.2. The summed E-state index contributed by atoms with van der Waals surface area (Å²) in [6.45, 7) is 7.34. The van der Waals surface area contributed by atoms with Crippen LogP contribution in [0.1, 0.15) is 36.4 Å². The molecule has 0 aliphatic carbocycles. The quantitative estimate of drug-likeness (QED) is 0.250. The molecule has 1 aromatic heterocycles. The predicted molar refractivity (Wildman–Crippen MR) is 131 cm³/mol. The van der Waals surface area contributed by atoms with E-state index in [2.05, 4.69) is 10.6 Å². The summed E-state index contributed by atoms with van der Waals surface area (Å²) in [4.78, 5) is 4.86. The van der Waals surface area contributed by atoms with Crippen LogP contribution in [0, 0.1) is 13.8 Å². The van der Waals surface area contributed by atoms with Crippen LogP contribution in [0.2, 0.25) is 10.0 Å². The molecule has 0 spiro atoms. The van der Waals surface area contributed by atoms with Gasteiger partial charge in [0.2, 0.25) is 0 Å². The molecule has 32 heavy (non-hydrogen) atoms. The highest BCUT2D eigenvalue weighted by molar-refractivity contribution is 6.31. The van der Waals surface area contributed by atoms with Gasteiger partial charge < -0.3 is 14.0 Å². The van der Waals surface area contributed by atoms with Crippen molar-refractivity contribution in [3.8, 4) is 11.5 Å². The Labute approximate surface area is 198 Å². The minimum Gasteiger partial charge on any atom is -0.494 e. The summed E-state index contributed by atoms with van der Waals surface area (Å²) in [6, 6.07) is 19.6. The summed E-state index contributed by atoms with van der Waals surface area (Å²) in [6.07, 6.45) is 0.615. The van der Waals surface area contributed by atoms with E-state index in [0.29, 0.717) is 6.61 Å². The topological polar surface area (TPSA) is 36.3 Å². The monoisotopic (exact) mass is 468 g/mol. The van der Waals surface area contributed by atoms with Crippen LogP contribution in [0.3, 0.4) is 0 Å². The first-order valence-corrected chi connectivity index (χ1v) is 11.4. The van der Waals surface area contributed by atoms with Crippen LogP contribution in [0.25, 0.3) is 11.0 Å². The number of fused-ring (bicyclic) bond motifs is 1. The Morgan fingerprint density at radius 1 is 0.906 bits per heavy atom. The summed E-state index contributed by atoms with van der Waals surface area (Å²) in [5.74, 6) is 2.50. The number of benzene rings is 3. The number of ether oxygens (including phenoxy) is 2. The number of aromatic nitrogens is 2. The maximum absolute atomic E-state index is 6.22. The summed E-state index contributed by atoms with van der Waals surface area (Å²) in [5, 5.41) is 1.48. The van der Waals surface area contributed by atoms with Gasteiger partial charge in [0.25, 0.3) is 0 Å². The number of imidazole rings is 1. The molecule has 0 aliphatic heterocycles. The zero-order chi connectivity index (χ0) is 22.7. The highest BCUT2D eigenvalue weighted by Gasteiger charge is 2.18. The number of hydrogen-bond donors (Lipinski definition) is 0. The van der Waals surface area contributed by atoms with E-state index in [1.807, 2.05) is 75.4 Å². The predicted octanol–water partition coefficient (Wildman–Crippen LogP) is 7.57. The molecule has 0 amide bonds. The van der Waals surface area contributed by atoms with Gasteiger partial charge in [0.15, 0.2) is 11.9 Å². The van der Waals surface area contributed by atoms with Gasteiger partial charge in [-0.05, 0) is 86.8 Å². The van der Waals surface area contributed by atoms with E-state index >= 15 is 0 Å². The molecule has 4 nitrogen and oxygen atoms in total. The van der Waals surface area contributed by atoms with Gasteiger partial charge >= 0.3 is 0 Å². The van der Waals surface area contributed by atoms with Crippen LogP contribution in [0.15, 0.2) is 60.7 Å². The van der Waals surface area contributed by atoms with Gasteiger partial charge in [0.05, 0.1) is 17.6 Å². The van der Waals surface area contributed by atoms with Crippen molar-refractivity contribution in [2.75, 3.05) is 6.61 Å². The Balaban J connectivity index is 1.49. The number of aryl methyl sites for hydroxylation is 3. The Morgan fingerprint density at radius 2 is 1.56 bits per heavy atom. The van der Waals surface area contributed by atoms with Crippen molar-refractivity contribution in [3.05, 3.63) is 87.7 Å². The fraction of sp³-hybridized carbons (Fsp3) is 0.269. The van der Waals surface area contributed by atoms with Gasteiger partial charge in [0.1, 0.15) is 11.5 Å². The lowest BCUT2D eigenvalue weighted by Crippen LogP contribution is -2.13. The zero-order valence-corrected chi connectivity index (χ0v) is 20.0. The lowest BCUT2D eigenvalue weighted by molar-refractivity contribution is 0.210. The molecule has 0 fully saturated rings. The standard InChI is InChI=1S/C26H26Cl2N2O2/c1-17-15-20(9-11-22(17)27)31-14-6-13-30-25-8-5-4-7-24(25)29-26(30)19(3)32-21-10-12-23(28)18(2)16-21/h4-5,7-12,15-16,19H,6,13-14H2,1-3H3. The minimum absolute atomic E-state index is 0.220. The maximum Gasteiger partial charge on any atom is 0.153 e. The van der Waals surface area contributed by atoms with Gasteiger partial charge in [-0.25, -0.2) is 4.98 Å². The van der Waals surface area contributed by atoms with E-state index in [9.17, 15) is 0 Å². The second-order valence-corrected chi connectivity index (χ2v) is 8.71. The molecular weight excluding hydrogens is 443 g/mol. The highest BCUT2D eigenvalue weighted by Crippen LogP contribution is 2.28. The number of nitrogens with zero attached hydrogens (tertiary/aromatic N) is 2. The fourth-order valence-electron chi connectivity index (χ4n) is 3.71. The SMILES string of the molecule is Cc1cc(OCCCn2c(C(C)Oc3ccc(Cl)c(C)c3)nc3ccccc32)ccc1Cl.